The zero-order chi connectivity index (χ0) is 14.6. The molecule has 0 aliphatic rings. The SMILES string of the molecule is FC(F)(F)c1ccc(NN=Cc2ccc(Cl)cc2)nc1. The van der Waals surface area contributed by atoms with Crippen LogP contribution in [-0.2, 0) is 6.18 Å². The van der Waals surface area contributed by atoms with E-state index in [4.69, 9.17) is 11.6 Å². The lowest BCUT2D eigenvalue weighted by atomic mass is 10.2. The number of anilines is 1. The number of rotatable bonds is 3. The Morgan fingerprint density at radius 2 is 1.80 bits per heavy atom. The number of halogens is 4. The summed E-state index contributed by atoms with van der Waals surface area (Å²) in [6.07, 6.45) is -2.13. The second-order valence-corrected chi connectivity index (χ2v) is 4.29. The Hall–Kier alpha value is -2.08. The standard InChI is InChI=1S/C13H9ClF3N3/c14-11-4-1-9(2-5-11)7-19-20-12-6-3-10(8-18-12)13(15,16)17/h1-8H,(H,18,20). The van der Waals surface area contributed by atoms with Crippen molar-refractivity contribution < 1.29 is 13.2 Å². The van der Waals surface area contributed by atoms with E-state index in [9.17, 15) is 13.2 Å². The van der Waals surface area contributed by atoms with Gasteiger partial charge < -0.3 is 0 Å². The number of pyridine rings is 1. The summed E-state index contributed by atoms with van der Waals surface area (Å²) in [5.74, 6) is 0.225. The average molecular weight is 300 g/mol. The molecule has 0 spiro atoms. The number of benzene rings is 1. The van der Waals surface area contributed by atoms with E-state index < -0.39 is 11.7 Å². The van der Waals surface area contributed by atoms with Crippen LogP contribution < -0.4 is 5.43 Å². The smallest absolute Gasteiger partial charge is 0.261 e. The van der Waals surface area contributed by atoms with Crippen molar-refractivity contribution in [3.8, 4) is 0 Å². The van der Waals surface area contributed by atoms with Crippen molar-refractivity contribution in [3.05, 3.63) is 58.7 Å². The van der Waals surface area contributed by atoms with Gasteiger partial charge in [-0.25, -0.2) is 4.98 Å². The van der Waals surface area contributed by atoms with Crippen molar-refractivity contribution in [1.29, 1.82) is 0 Å². The van der Waals surface area contributed by atoms with Gasteiger partial charge in [0.15, 0.2) is 0 Å². The van der Waals surface area contributed by atoms with Gasteiger partial charge in [-0.15, -0.1) is 0 Å². The molecule has 104 valence electrons. The number of nitrogens with one attached hydrogen (secondary N) is 1. The van der Waals surface area contributed by atoms with Crippen LogP contribution in [0.1, 0.15) is 11.1 Å². The van der Waals surface area contributed by atoms with Crippen LogP contribution >= 0.6 is 11.6 Å². The molecule has 2 rings (SSSR count). The maximum Gasteiger partial charge on any atom is 0.417 e. The van der Waals surface area contributed by atoms with Crippen molar-refractivity contribution in [2.75, 3.05) is 5.43 Å². The molecular formula is C13H9ClF3N3. The highest BCUT2D eigenvalue weighted by molar-refractivity contribution is 6.30. The van der Waals surface area contributed by atoms with Crippen molar-refractivity contribution in [1.82, 2.24) is 4.98 Å². The molecule has 0 radical (unpaired) electrons. The Labute approximate surface area is 118 Å². The van der Waals surface area contributed by atoms with E-state index in [1.807, 2.05) is 0 Å². The molecule has 0 saturated heterocycles. The second-order valence-electron chi connectivity index (χ2n) is 3.85. The van der Waals surface area contributed by atoms with Crippen molar-refractivity contribution in [3.63, 3.8) is 0 Å². The second kappa shape index (κ2) is 5.92. The number of hydrogen-bond donors (Lipinski definition) is 1. The molecule has 0 atom stereocenters. The molecule has 1 aromatic carbocycles. The summed E-state index contributed by atoms with van der Waals surface area (Å²) in [7, 11) is 0. The van der Waals surface area contributed by atoms with Gasteiger partial charge in [-0.2, -0.15) is 18.3 Å². The van der Waals surface area contributed by atoms with E-state index in [0.29, 0.717) is 5.02 Å². The van der Waals surface area contributed by atoms with Gasteiger partial charge >= 0.3 is 6.18 Å². The molecule has 20 heavy (non-hydrogen) atoms. The molecule has 0 unspecified atom stereocenters. The first-order valence-corrected chi connectivity index (χ1v) is 5.91. The van der Waals surface area contributed by atoms with Gasteiger partial charge in [-0.05, 0) is 29.8 Å². The van der Waals surface area contributed by atoms with Gasteiger partial charge in [0.2, 0.25) is 0 Å². The first-order valence-electron chi connectivity index (χ1n) is 5.53. The Balaban J connectivity index is 1.99. The average Bonchev–Trinajstić information content (AvgIpc) is 2.41. The predicted octanol–water partition coefficient (Wildman–Crippen LogP) is 4.20. The molecule has 1 N–H and O–H groups in total. The highest BCUT2D eigenvalue weighted by atomic mass is 35.5. The topological polar surface area (TPSA) is 37.3 Å². The summed E-state index contributed by atoms with van der Waals surface area (Å²) in [4.78, 5) is 3.62. The highest BCUT2D eigenvalue weighted by Gasteiger charge is 2.30. The normalized spacial score (nSPS) is 11.8. The van der Waals surface area contributed by atoms with Gasteiger partial charge in [-0.3, -0.25) is 5.43 Å². The molecule has 0 fully saturated rings. The fourth-order valence-corrected chi connectivity index (χ4v) is 1.48. The monoisotopic (exact) mass is 299 g/mol. The van der Waals surface area contributed by atoms with Gasteiger partial charge in [0.1, 0.15) is 5.82 Å². The molecule has 0 saturated carbocycles. The minimum absolute atomic E-state index is 0.225. The maximum atomic E-state index is 12.3. The lowest BCUT2D eigenvalue weighted by Gasteiger charge is -2.06. The summed E-state index contributed by atoms with van der Waals surface area (Å²) in [5, 5.41) is 4.48. The zero-order valence-corrected chi connectivity index (χ0v) is 10.8. The third-order valence-electron chi connectivity index (χ3n) is 2.35. The van der Waals surface area contributed by atoms with Gasteiger partial charge in [-0.1, -0.05) is 23.7 Å². The van der Waals surface area contributed by atoms with Crippen LogP contribution in [-0.4, -0.2) is 11.2 Å². The maximum absolute atomic E-state index is 12.3. The Morgan fingerprint density at radius 3 is 2.35 bits per heavy atom. The molecule has 1 aromatic heterocycles. The zero-order valence-electron chi connectivity index (χ0n) is 10.0. The van der Waals surface area contributed by atoms with Crippen molar-refractivity contribution in [2.45, 2.75) is 6.18 Å². The lowest BCUT2D eigenvalue weighted by molar-refractivity contribution is -0.137. The third kappa shape index (κ3) is 3.96. The molecule has 2 aromatic rings. The van der Waals surface area contributed by atoms with Crippen LogP contribution in [0.15, 0.2) is 47.7 Å². The van der Waals surface area contributed by atoms with Crippen molar-refractivity contribution >= 4 is 23.6 Å². The first kappa shape index (κ1) is 14.3. The Morgan fingerprint density at radius 1 is 1.10 bits per heavy atom. The molecule has 0 bridgehead atoms. The van der Waals surface area contributed by atoms with E-state index in [0.717, 1.165) is 17.8 Å². The number of nitrogens with zero attached hydrogens (tertiary/aromatic N) is 2. The molecule has 0 aliphatic heterocycles. The van der Waals surface area contributed by atoms with E-state index in [1.54, 1.807) is 24.3 Å². The Kier molecular flexibility index (Phi) is 4.24. The first-order chi connectivity index (χ1) is 9.45. The highest BCUT2D eigenvalue weighted by Crippen LogP contribution is 2.28. The molecule has 3 nitrogen and oxygen atoms in total. The summed E-state index contributed by atoms with van der Waals surface area (Å²) >= 11 is 5.73. The van der Waals surface area contributed by atoms with Crippen LogP contribution in [0.3, 0.4) is 0 Å². The molecule has 0 amide bonds. The molecule has 0 aliphatic carbocycles. The lowest BCUT2D eigenvalue weighted by Crippen LogP contribution is -2.05. The van der Waals surface area contributed by atoms with Gasteiger partial charge in [0.25, 0.3) is 0 Å². The van der Waals surface area contributed by atoms with Crippen LogP contribution in [0.25, 0.3) is 0 Å². The van der Waals surface area contributed by atoms with Crippen molar-refractivity contribution in [2.24, 2.45) is 5.10 Å². The molecular weight excluding hydrogens is 291 g/mol. The summed E-state index contributed by atoms with van der Waals surface area (Å²) in [6, 6.07) is 9.08. The van der Waals surface area contributed by atoms with E-state index in [-0.39, 0.29) is 5.82 Å². The molecule has 1 heterocycles. The number of aromatic nitrogens is 1. The number of hydrazone groups is 1. The van der Waals surface area contributed by atoms with Crippen LogP contribution in [0.4, 0.5) is 19.0 Å². The number of hydrogen-bond acceptors (Lipinski definition) is 3. The largest absolute Gasteiger partial charge is 0.417 e. The van der Waals surface area contributed by atoms with E-state index in [1.165, 1.54) is 12.3 Å². The Bertz CT molecular complexity index is 592. The quantitative estimate of drug-likeness (QED) is 0.681. The van der Waals surface area contributed by atoms with E-state index in [2.05, 4.69) is 15.5 Å². The summed E-state index contributed by atoms with van der Waals surface area (Å²) in [6.45, 7) is 0. The van der Waals surface area contributed by atoms with Crippen LogP contribution in [0, 0.1) is 0 Å². The van der Waals surface area contributed by atoms with Crippen LogP contribution in [0.2, 0.25) is 5.02 Å². The van der Waals surface area contributed by atoms with E-state index >= 15 is 0 Å². The number of alkyl halides is 3. The van der Waals surface area contributed by atoms with Crippen LogP contribution in [0.5, 0.6) is 0 Å². The summed E-state index contributed by atoms with van der Waals surface area (Å²) in [5.41, 5.74) is 2.54. The summed E-state index contributed by atoms with van der Waals surface area (Å²) < 4.78 is 37.0. The predicted molar refractivity (Wildman–Crippen MR) is 71.9 cm³/mol. The van der Waals surface area contributed by atoms with Gasteiger partial charge in [0.05, 0.1) is 11.8 Å². The third-order valence-corrected chi connectivity index (χ3v) is 2.61. The minimum atomic E-state index is -4.39. The fourth-order valence-electron chi connectivity index (χ4n) is 1.35. The fraction of sp³-hybridized carbons (Fsp3) is 0.0769. The van der Waals surface area contributed by atoms with Gasteiger partial charge in [0, 0.05) is 11.2 Å². The molecule has 7 heteroatoms. The minimum Gasteiger partial charge on any atom is -0.261 e.